The summed E-state index contributed by atoms with van der Waals surface area (Å²) in [5, 5.41) is 3.22. The number of hydrogen-bond acceptors (Lipinski definition) is 4. The second-order valence-corrected chi connectivity index (χ2v) is 4.74. The van der Waals surface area contributed by atoms with Crippen LogP contribution in [0.15, 0.2) is 12.3 Å². The summed E-state index contributed by atoms with van der Waals surface area (Å²) in [5.74, 6) is -1.10. The predicted molar refractivity (Wildman–Crippen MR) is 63.7 cm³/mol. The van der Waals surface area contributed by atoms with Gasteiger partial charge in [0.05, 0.1) is 10.6 Å². The predicted octanol–water partition coefficient (Wildman–Crippen LogP) is 1.06. The fourth-order valence-corrected chi connectivity index (χ4v) is 1.70. The van der Waals surface area contributed by atoms with Crippen molar-refractivity contribution in [3.8, 4) is 0 Å². The molecule has 4 N–H and O–H groups in total. The van der Waals surface area contributed by atoms with Crippen molar-refractivity contribution in [3.63, 3.8) is 0 Å². The molecule has 0 fully saturated rings. The molecule has 2 aromatic heterocycles. The van der Waals surface area contributed by atoms with E-state index in [-0.39, 0.29) is 11.5 Å². The molecule has 0 saturated heterocycles. The lowest BCUT2D eigenvalue weighted by Gasteiger charge is -2.15. The Balaban J connectivity index is 2.64. The Morgan fingerprint density at radius 3 is 2.55 bits per heavy atom. The SMILES string of the molecule is C[C@](N)(C(N)=O)c1nc2cc(Cl)c(C(F)(F)F)cn2n1. The Hall–Kier alpha value is -1.87. The number of pyridine rings is 1. The van der Waals surface area contributed by atoms with Gasteiger partial charge in [-0.25, -0.2) is 9.50 Å². The molecule has 2 rings (SSSR count). The van der Waals surface area contributed by atoms with Crippen molar-refractivity contribution in [3.05, 3.63) is 28.7 Å². The van der Waals surface area contributed by atoms with Crippen molar-refractivity contribution in [2.75, 3.05) is 0 Å². The molecule has 0 aliphatic carbocycles. The zero-order chi connectivity index (χ0) is 15.3. The number of nitrogens with two attached hydrogens (primary N) is 2. The van der Waals surface area contributed by atoms with Crippen molar-refractivity contribution in [2.45, 2.75) is 18.6 Å². The highest BCUT2D eigenvalue weighted by Gasteiger charge is 2.36. The van der Waals surface area contributed by atoms with E-state index in [2.05, 4.69) is 10.1 Å². The fourth-order valence-electron chi connectivity index (χ4n) is 1.44. The molecular weight excluding hydrogens is 299 g/mol. The Morgan fingerprint density at radius 1 is 1.45 bits per heavy atom. The highest BCUT2D eigenvalue weighted by Crippen LogP contribution is 2.34. The van der Waals surface area contributed by atoms with E-state index in [1.54, 1.807) is 0 Å². The molecule has 20 heavy (non-hydrogen) atoms. The molecule has 2 heterocycles. The summed E-state index contributed by atoms with van der Waals surface area (Å²) in [5.41, 5.74) is 7.99. The van der Waals surface area contributed by atoms with Gasteiger partial charge in [-0.2, -0.15) is 13.2 Å². The number of carbonyl (C=O) groups excluding carboxylic acids is 1. The molecule has 6 nitrogen and oxygen atoms in total. The Morgan fingerprint density at radius 2 is 2.05 bits per heavy atom. The molecular formula is C10H9ClF3N5O. The van der Waals surface area contributed by atoms with Gasteiger partial charge in [0.25, 0.3) is 0 Å². The van der Waals surface area contributed by atoms with Gasteiger partial charge in [0.1, 0.15) is 0 Å². The Kier molecular flexibility index (Phi) is 3.14. The summed E-state index contributed by atoms with van der Waals surface area (Å²) >= 11 is 5.55. The van der Waals surface area contributed by atoms with Gasteiger partial charge in [0, 0.05) is 12.3 Å². The van der Waals surface area contributed by atoms with Crippen LogP contribution in [0.5, 0.6) is 0 Å². The van der Waals surface area contributed by atoms with Gasteiger partial charge in [0.15, 0.2) is 17.0 Å². The van der Waals surface area contributed by atoms with E-state index in [0.29, 0.717) is 6.20 Å². The topological polar surface area (TPSA) is 99.3 Å². The van der Waals surface area contributed by atoms with E-state index >= 15 is 0 Å². The van der Waals surface area contributed by atoms with Crippen molar-refractivity contribution < 1.29 is 18.0 Å². The third kappa shape index (κ3) is 2.29. The van der Waals surface area contributed by atoms with Gasteiger partial charge in [-0.05, 0) is 6.92 Å². The van der Waals surface area contributed by atoms with E-state index in [1.807, 2.05) is 0 Å². The van der Waals surface area contributed by atoms with Crippen molar-refractivity contribution in [1.82, 2.24) is 14.6 Å². The lowest BCUT2D eigenvalue weighted by atomic mass is 10.0. The Labute approximate surface area is 115 Å². The number of rotatable bonds is 2. The van der Waals surface area contributed by atoms with Crippen LogP contribution in [0.3, 0.4) is 0 Å². The summed E-state index contributed by atoms with van der Waals surface area (Å²) in [7, 11) is 0. The van der Waals surface area contributed by atoms with Gasteiger partial charge < -0.3 is 11.5 Å². The first-order chi connectivity index (χ1) is 9.03. The summed E-state index contributed by atoms with van der Waals surface area (Å²) in [4.78, 5) is 15.1. The minimum atomic E-state index is -4.63. The molecule has 1 amide bonds. The van der Waals surface area contributed by atoms with E-state index in [4.69, 9.17) is 23.1 Å². The Bertz CT molecular complexity index is 694. The normalized spacial score (nSPS) is 15.3. The number of aromatic nitrogens is 3. The van der Waals surface area contributed by atoms with Crippen molar-refractivity contribution >= 4 is 23.2 Å². The molecule has 10 heteroatoms. The van der Waals surface area contributed by atoms with Gasteiger partial charge >= 0.3 is 6.18 Å². The largest absolute Gasteiger partial charge is 0.419 e. The van der Waals surface area contributed by atoms with E-state index in [0.717, 1.165) is 10.6 Å². The number of amides is 1. The van der Waals surface area contributed by atoms with Crippen LogP contribution in [0.4, 0.5) is 13.2 Å². The van der Waals surface area contributed by atoms with Gasteiger partial charge in [-0.1, -0.05) is 11.6 Å². The summed E-state index contributed by atoms with van der Waals surface area (Å²) < 4.78 is 38.9. The van der Waals surface area contributed by atoms with Crippen LogP contribution < -0.4 is 11.5 Å². The highest BCUT2D eigenvalue weighted by atomic mass is 35.5. The average molecular weight is 308 g/mol. The third-order valence-corrected chi connectivity index (χ3v) is 3.02. The molecule has 0 spiro atoms. The highest BCUT2D eigenvalue weighted by molar-refractivity contribution is 6.31. The lowest BCUT2D eigenvalue weighted by Crippen LogP contribution is -2.47. The summed E-state index contributed by atoms with van der Waals surface area (Å²) in [6.45, 7) is 1.26. The molecule has 0 aromatic carbocycles. The van der Waals surface area contributed by atoms with E-state index < -0.39 is 28.2 Å². The van der Waals surface area contributed by atoms with Crippen LogP contribution in [-0.4, -0.2) is 20.5 Å². The summed E-state index contributed by atoms with van der Waals surface area (Å²) in [6, 6.07) is 0.984. The zero-order valence-corrected chi connectivity index (χ0v) is 10.8. The average Bonchev–Trinajstić information content (AvgIpc) is 2.69. The van der Waals surface area contributed by atoms with E-state index in [9.17, 15) is 18.0 Å². The van der Waals surface area contributed by atoms with Crippen LogP contribution in [0.1, 0.15) is 18.3 Å². The van der Waals surface area contributed by atoms with E-state index in [1.165, 1.54) is 6.92 Å². The second-order valence-electron chi connectivity index (χ2n) is 4.34. The number of fused-ring (bicyclic) bond motifs is 1. The molecule has 108 valence electrons. The number of hydrogen-bond donors (Lipinski definition) is 2. The smallest absolute Gasteiger partial charge is 0.368 e. The maximum absolute atomic E-state index is 12.7. The van der Waals surface area contributed by atoms with Crippen LogP contribution in [-0.2, 0) is 16.5 Å². The molecule has 1 atom stereocenters. The van der Waals surface area contributed by atoms with Crippen molar-refractivity contribution in [1.29, 1.82) is 0 Å². The maximum atomic E-state index is 12.7. The van der Waals surface area contributed by atoms with Crippen LogP contribution in [0, 0.1) is 0 Å². The minimum Gasteiger partial charge on any atom is -0.368 e. The summed E-state index contributed by atoms with van der Waals surface area (Å²) in [6.07, 6.45) is -3.96. The minimum absolute atomic E-state index is 0.0240. The lowest BCUT2D eigenvalue weighted by molar-refractivity contribution is -0.137. The molecule has 0 bridgehead atoms. The van der Waals surface area contributed by atoms with Crippen molar-refractivity contribution in [2.24, 2.45) is 11.5 Å². The molecule has 0 unspecified atom stereocenters. The number of primary amides is 1. The first kappa shape index (κ1) is 14.5. The van der Waals surface area contributed by atoms with Crippen LogP contribution >= 0.6 is 11.6 Å². The molecule has 0 radical (unpaired) electrons. The number of halogens is 4. The standard InChI is InChI=1S/C10H9ClF3N5O/c1-9(16,7(15)20)8-17-6-2-5(11)4(10(12,13)14)3-19(6)18-8/h2-3H,16H2,1H3,(H2,15,20)/t9-/m0/s1. The van der Waals surface area contributed by atoms with Crippen LogP contribution in [0.25, 0.3) is 5.65 Å². The number of nitrogens with zero attached hydrogens (tertiary/aromatic N) is 3. The molecule has 2 aromatic rings. The zero-order valence-electron chi connectivity index (χ0n) is 10.1. The number of carbonyl (C=O) groups is 1. The van der Waals surface area contributed by atoms with Gasteiger partial charge in [-0.15, -0.1) is 5.10 Å². The third-order valence-electron chi connectivity index (χ3n) is 2.70. The number of alkyl halides is 3. The monoisotopic (exact) mass is 307 g/mol. The first-order valence-electron chi connectivity index (χ1n) is 5.26. The van der Waals surface area contributed by atoms with Crippen LogP contribution in [0.2, 0.25) is 5.02 Å². The van der Waals surface area contributed by atoms with Gasteiger partial charge in [0.2, 0.25) is 5.91 Å². The quantitative estimate of drug-likeness (QED) is 0.866. The van der Waals surface area contributed by atoms with Gasteiger partial charge in [-0.3, -0.25) is 4.79 Å². The first-order valence-corrected chi connectivity index (χ1v) is 5.63. The maximum Gasteiger partial charge on any atom is 0.419 e. The second kappa shape index (κ2) is 4.32. The fraction of sp³-hybridized carbons (Fsp3) is 0.300. The molecule has 0 saturated carbocycles. The molecule has 0 aliphatic heterocycles. The molecule has 0 aliphatic rings.